The van der Waals surface area contributed by atoms with Crippen molar-refractivity contribution in [2.24, 2.45) is 0 Å². The standard InChI is InChI=1S/C24H34N2O2/c1-6-10-11-15-26-19(8-3)16-21(27)22(20(26)9-4)24(28)25-23-17(5)13-12-14-18(23)7-2/h12-14,16H,6-11,15H2,1-5H3,(H,25,28). The Morgan fingerprint density at radius 3 is 2.39 bits per heavy atom. The van der Waals surface area contributed by atoms with Gasteiger partial charge in [-0.25, -0.2) is 0 Å². The van der Waals surface area contributed by atoms with E-state index in [1.807, 2.05) is 32.0 Å². The van der Waals surface area contributed by atoms with E-state index in [9.17, 15) is 9.59 Å². The van der Waals surface area contributed by atoms with E-state index in [0.29, 0.717) is 12.0 Å². The molecule has 4 nitrogen and oxygen atoms in total. The normalized spacial score (nSPS) is 10.9. The number of aryl methyl sites for hydroxylation is 3. The first-order chi connectivity index (χ1) is 13.5. The SMILES string of the molecule is CCCCCn1c(CC)cc(=O)c(C(=O)Nc2c(C)cccc2CC)c1CC. The Morgan fingerprint density at radius 2 is 1.79 bits per heavy atom. The van der Waals surface area contributed by atoms with Gasteiger partial charge >= 0.3 is 0 Å². The first-order valence-electron chi connectivity index (χ1n) is 10.6. The molecule has 0 atom stereocenters. The minimum Gasteiger partial charge on any atom is -0.348 e. The van der Waals surface area contributed by atoms with Crippen molar-refractivity contribution >= 4 is 11.6 Å². The highest BCUT2D eigenvalue weighted by Gasteiger charge is 2.21. The van der Waals surface area contributed by atoms with Crippen LogP contribution in [0.5, 0.6) is 0 Å². The number of anilines is 1. The maximum Gasteiger partial charge on any atom is 0.261 e. The van der Waals surface area contributed by atoms with E-state index in [0.717, 1.165) is 66.9 Å². The third-order valence-corrected chi connectivity index (χ3v) is 5.39. The first-order valence-corrected chi connectivity index (χ1v) is 10.6. The monoisotopic (exact) mass is 382 g/mol. The summed E-state index contributed by atoms with van der Waals surface area (Å²) in [5.74, 6) is -0.294. The number of pyridine rings is 1. The molecule has 2 rings (SSSR count). The van der Waals surface area contributed by atoms with Crippen molar-refractivity contribution in [3.63, 3.8) is 0 Å². The fourth-order valence-electron chi connectivity index (χ4n) is 3.83. The molecular weight excluding hydrogens is 348 g/mol. The van der Waals surface area contributed by atoms with E-state index in [2.05, 4.69) is 30.7 Å². The van der Waals surface area contributed by atoms with Crippen molar-refractivity contribution in [2.45, 2.75) is 79.7 Å². The average Bonchev–Trinajstić information content (AvgIpc) is 2.69. The van der Waals surface area contributed by atoms with E-state index >= 15 is 0 Å². The molecule has 1 amide bonds. The summed E-state index contributed by atoms with van der Waals surface area (Å²) in [6, 6.07) is 7.65. The fourth-order valence-corrected chi connectivity index (χ4v) is 3.83. The Bertz CT molecular complexity index is 881. The summed E-state index contributed by atoms with van der Waals surface area (Å²) < 4.78 is 2.20. The molecule has 152 valence electrons. The van der Waals surface area contributed by atoms with Crippen molar-refractivity contribution in [3.05, 3.63) is 62.6 Å². The fraction of sp³-hybridized carbons (Fsp3) is 0.500. The van der Waals surface area contributed by atoms with E-state index in [1.165, 1.54) is 0 Å². The second-order valence-corrected chi connectivity index (χ2v) is 7.30. The minimum absolute atomic E-state index is 0.176. The number of carbonyl (C=O) groups excluding carboxylic acids is 1. The summed E-state index contributed by atoms with van der Waals surface area (Å²) in [5, 5.41) is 3.04. The van der Waals surface area contributed by atoms with Gasteiger partial charge in [0.15, 0.2) is 5.43 Å². The van der Waals surface area contributed by atoms with Crippen LogP contribution in [-0.2, 0) is 25.8 Å². The average molecular weight is 383 g/mol. The number of amides is 1. The summed E-state index contributed by atoms with van der Waals surface area (Å²) >= 11 is 0. The molecule has 4 heteroatoms. The lowest BCUT2D eigenvalue weighted by molar-refractivity contribution is 0.102. The minimum atomic E-state index is -0.294. The number of benzene rings is 1. The number of nitrogens with one attached hydrogen (secondary N) is 1. The summed E-state index contributed by atoms with van der Waals surface area (Å²) in [4.78, 5) is 26.1. The number of hydrogen-bond donors (Lipinski definition) is 1. The number of rotatable bonds is 9. The Hall–Kier alpha value is -2.36. The number of carbonyl (C=O) groups is 1. The number of nitrogens with zero attached hydrogens (tertiary/aromatic N) is 1. The highest BCUT2D eigenvalue weighted by Crippen LogP contribution is 2.22. The van der Waals surface area contributed by atoms with Gasteiger partial charge < -0.3 is 9.88 Å². The lowest BCUT2D eigenvalue weighted by atomic mass is 10.0. The molecule has 0 aliphatic carbocycles. The predicted molar refractivity (Wildman–Crippen MR) is 117 cm³/mol. The van der Waals surface area contributed by atoms with Gasteiger partial charge in [0.25, 0.3) is 5.91 Å². The van der Waals surface area contributed by atoms with Crippen LogP contribution in [0.1, 0.15) is 79.8 Å². The van der Waals surface area contributed by atoms with Crippen LogP contribution in [-0.4, -0.2) is 10.5 Å². The summed E-state index contributed by atoms with van der Waals surface area (Å²) in [7, 11) is 0. The maximum atomic E-state index is 13.2. The topological polar surface area (TPSA) is 51.1 Å². The first kappa shape index (κ1) is 21.9. The van der Waals surface area contributed by atoms with Crippen molar-refractivity contribution in [1.82, 2.24) is 4.57 Å². The number of aromatic nitrogens is 1. The van der Waals surface area contributed by atoms with E-state index in [1.54, 1.807) is 6.07 Å². The van der Waals surface area contributed by atoms with Crippen LogP contribution in [0.3, 0.4) is 0 Å². The smallest absolute Gasteiger partial charge is 0.261 e. The van der Waals surface area contributed by atoms with Crippen LogP contribution in [0.4, 0.5) is 5.69 Å². The third kappa shape index (κ3) is 4.73. The van der Waals surface area contributed by atoms with Crippen LogP contribution >= 0.6 is 0 Å². The molecule has 0 bridgehead atoms. The summed E-state index contributed by atoms with van der Waals surface area (Å²) in [5.41, 5.74) is 4.91. The van der Waals surface area contributed by atoms with Crippen molar-refractivity contribution in [1.29, 1.82) is 0 Å². The molecule has 0 unspecified atom stereocenters. The van der Waals surface area contributed by atoms with Crippen LogP contribution in [0.25, 0.3) is 0 Å². The molecule has 1 heterocycles. The molecule has 1 N–H and O–H groups in total. The zero-order chi connectivity index (χ0) is 20.7. The largest absolute Gasteiger partial charge is 0.348 e. The highest BCUT2D eigenvalue weighted by atomic mass is 16.2. The van der Waals surface area contributed by atoms with Gasteiger partial charge in [-0.3, -0.25) is 9.59 Å². The Kier molecular flexibility index (Phi) is 8.04. The maximum absolute atomic E-state index is 13.2. The quantitative estimate of drug-likeness (QED) is 0.599. The molecular formula is C24H34N2O2. The van der Waals surface area contributed by atoms with Gasteiger partial charge in [0.2, 0.25) is 0 Å². The molecule has 28 heavy (non-hydrogen) atoms. The molecule has 1 aromatic carbocycles. The number of para-hydroxylation sites is 1. The zero-order valence-electron chi connectivity index (χ0n) is 18.0. The van der Waals surface area contributed by atoms with Crippen LogP contribution in [0.2, 0.25) is 0 Å². The Balaban J connectivity index is 2.51. The molecule has 0 saturated heterocycles. The molecule has 0 fully saturated rings. The third-order valence-electron chi connectivity index (χ3n) is 5.39. The van der Waals surface area contributed by atoms with Crippen LogP contribution < -0.4 is 10.7 Å². The molecule has 0 aliphatic rings. The Labute approximate surface area is 169 Å². The van der Waals surface area contributed by atoms with E-state index in [4.69, 9.17) is 0 Å². The summed E-state index contributed by atoms with van der Waals surface area (Å²) in [6.07, 6.45) is 5.61. The highest BCUT2D eigenvalue weighted by molar-refractivity contribution is 6.05. The Morgan fingerprint density at radius 1 is 1.04 bits per heavy atom. The second-order valence-electron chi connectivity index (χ2n) is 7.30. The van der Waals surface area contributed by atoms with E-state index < -0.39 is 0 Å². The van der Waals surface area contributed by atoms with E-state index in [-0.39, 0.29) is 11.3 Å². The summed E-state index contributed by atoms with van der Waals surface area (Å²) in [6.45, 7) is 11.2. The van der Waals surface area contributed by atoms with Crippen LogP contribution in [0.15, 0.2) is 29.1 Å². The predicted octanol–water partition coefficient (Wildman–Crippen LogP) is 5.29. The zero-order valence-corrected chi connectivity index (χ0v) is 18.0. The van der Waals surface area contributed by atoms with Gasteiger partial charge in [-0.2, -0.15) is 0 Å². The molecule has 0 saturated carbocycles. The van der Waals surface area contributed by atoms with Crippen molar-refractivity contribution in [2.75, 3.05) is 5.32 Å². The molecule has 0 radical (unpaired) electrons. The second kappa shape index (κ2) is 10.3. The molecule has 0 aliphatic heterocycles. The molecule has 2 aromatic rings. The van der Waals surface area contributed by atoms with Gasteiger partial charge in [-0.1, -0.05) is 58.7 Å². The molecule has 0 spiro atoms. The number of hydrogen-bond acceptors (Lipinski definition) is 2. The lowest BCUT2D eigenvalue weighted by Gasteiger charge is -2.21. The lowest BCUT2D eigenvalue weighted by Crippen LogP contribution is -2.29. The van der Waals surface area contributed by atoms with Gasteiger partial charge in [-0.05, 0) is 43.7 Å². The van der Waals surface area contributed by atoms with Crippen molar-refractivity contribution < 1.29 is 4.79 Å². The van der Waals surface area contributed by atoms with Gasteiger partial charge in [0, 0.05) is 29.7 Å². The van der Waals surface area contributed by atoms with Crippen LogP contribution in [0, 0.1) is 6.92 Å². The molecule has 1 aromatic heterocycles. The van der Waals surface area contributed by atoms with Gasteiger partial charge in [0.05, 0.1) is 0 Å². The van der Waals surface area contributed by atoms with Gasteiger partial charge in [-0.15, -0.1) is 0 Å². The van der Waals surface area contributed by atoms with Crippen molar-refractivity contribution in [3.8, 4) is 0 Å². The van der Waals surface area contributed by atoms with Gasteiger partial charge in [0.1, 0.15) is 5.56 Å². The number of unbranched alkanes of at least 4 members (excludes halogenated alkanes) is 2.